The van der Waals surface area contributed by atoms with Crippen molar-refractivity contribution in [2.24, 2.45) is 5.73 Å². The summed E-state index contributed by atoms with van der Waals surface area (Å²) in [6.45, 7) is 2.37. The molecule has 1 saturated carbocycles. The van der Waals surface area contributed by atoms with Crippen molar-refractivity contribution >= 4 is 10.0 Å². The summed E-state index contributed by atoms with van der Waals surface area (Å²) >= 11 is 0. The first-order valence-electron chi connectivity index (χ1n) is 5.78. The molecule has 0 bridgehead atoms. The van der Waals surface area contributed by atoms with E-state index in [2.05, 4.69) is 4.72 Å². The van der Waals surface area contributed by atoms with Crippen LogP contribution in [-0.4, -0.2) is 14.0 Å². The van der Waals surface area contributed by atoms with Crippen LogP contribution in [0.1, 0.15) is 31.7 Å². The zero-order valence-corrected chi connectivity index (χ0v) is 10.8. The van der Waals surface area contributed by atoms with Crippen LogP contribution < -0.4 is 10.5 Å². The summed E-state index contributed by atoms with van der Waals surface area (Å²) in [4.78, 5) is 0.308. The summed E-state index contributed by atoms with van der Waals surface area (Å²) in [6, 6.07) is 6.70. The van der Waals surface area contributed by atoms with Gasteiger partial charge in [0.25, 0.3) is 0 Å². The van der Waals surface area contributed by atoms with E-state index < -0.39 is 10.0 Å². The van der Waals surface area contributed by atoms with Gasteiger partial charge in [-0.1, -0.05) is 12.1 Å². The second-order valence-electron chi connectivity index (χ2n) is 4.87. The van der Waals surface area contributed by atoms with Crippen LogP contribution >= 0.6 is 0 Å². The molecule has 3 N–H and O–H groups in total. The summed E-state index contributed by atoms with van der Waals surface area (Å²) < 4.78 is 27.0. The van der Waals surface area contributed by atoms with Gasteiger partial charge in [-0.25, -0.2) is 13.1 Å². The molecule has 4 nitrogen and oxygen atoms in total. The lowest BCUT2D eigenvalue weighted by atomic mass is 9.80. The predicted octanol–water partition coefficient (Wildman–Crippen LogP) is 1.37. The van der Waals surface area contributed by atoms with Gasteiger partial charge in [0.05, 0.1) is 4.90 Å². The van der Waals surface area contributed by atoms with Gasteiger partial charge in [-0.3, -0.25) is 0 Å². The Bertz CT molecular complexity index is 490. The summed E-state index contributed by atoms with van der Waals surface area (Å²) in [7, 11) is -3.39. The fourth-order valence-corrected chi connectivity index (χ4v) is 3.46. The van der Waals surface area contributed by atoms with Gasteiger partial charge in [-0.2, -0.15) is 0 Å². The lowest BCUT2D eigenvalue weighted by Crippen LogP contribution is -2.50. The van der Waals surface area contributed by atoms with Crippen LogP contribution in [0.25, 0.3) is 0 Å². The highest BCUT2D eigenvalue weighted by atomic mass is 32.2. The molecule has 1 fully saturated rings. The normalized spacial score (nSPS) is 18.7. The molecule has 0 unspecified atom stereocenters. The average Bonchev–Trinajstić information content (AvgIpc) is 2.26. The molecule has 0 atom stereocenters. The minimum absolute atomic E-state index is 0.259. The molecule has 0 spiro atoms. The van der Waals surface area contributed by atoms with Crippen molar-refractivity contribution in [2.45, 2.75) is 43.2 Å². The van der Waals surface area contributed by atoms with Crippen molar-refractivity contribution in [1.29, 1.82) is 0 Å². The van der Waals surface area contributed by atoms with Crippen molar-refractivity contribution in [3.8, 4) is 0 Å². The molecule has 94 valence electrons. The van der Waals surface area contributed by atoms with Gasteiger partial charge in [-0.15, -0.1) is 0 Å². The van der Waals surface area contributed by atoms with Gasteiger partial charge >= 0.3 is 0 Å². The number of hydrogen-bond acceptors (Lipinski definition) is 3. The molecular formula is C12H18N2O2S. The lowest BCUT2D eigenvalue weighted by Gasteiger charge is -2.38. The van der Waals surface area contributed by atoms with Crippen LogP contribution in [0.4, 0.5) is 0 Å². The minimum Gasteiger partial charge on any atom is -0.326 e. The molecule has 0 heterocycles. The topological polar surface area (TPSA) is 72.2 Å². The molecule has 0 radical (unpaired) electrons. The van der Waals surface area contributed by atoms with E-state index in [0.717, 1.165) is 24.8 Å². The number of rotatable bonds is 4. The Morgan fingerprint density at radius 2 is 1.88 bits per heavy atom. The number of hydrogen-bond donors (Lipinski definition) is 2. The van der Waals surface area contributed by atoms with Crippen molar-refractivity contribution in [3.63, 3.8) is 0 Å². The van der Waals surface area contributed by atoms with Crippen LogP contribution in [0.15, 0.2) is 29.2 Å². The first-order chi connectivity index (χ1) is 7.95. The lowest BCUT2D eigenvalue weighted by molar-refractivity contribution is 0.248. The third kappa shape index (κ3) is 2.68. The van der Waals surface area contributed by atoms with Gasteiger partial charge in [0.1, 0.15) is 0 Å². The van der Waals surface area contributed by atoms with E-state index in [1.54, 1.807) is 24.3 Å². The van der Waals surface area contributed by atoms with Gasteiger partial charge < -0.3 is 5.73 Å². The summed E-state index contributed by atoms with van der Waals surface area (Å²) in [5.74, 6) is 0. The van der Waals surface area contributed by atoms with Gasteiger partial charge in [0.15, 0.2) is 0 Å². The Morgan fingerprint density at radius 3 is 2.29 bits per heavy atom. The van der Waals surface area contributed by atoms with Crippen molar-refractivity contribution in [3.05, 3.63) is 29.8 Å². The van der Waals surface area contributed by atoms with Crippen LogP contribution in [0, 0.1) is 0 Å². The van der Waals surface area contributed by atoms with Crippen LogP contribution in [0.3, 0.4) is 0 Å². The number of benzene rings is 1. The molecule has 1 aromatic rings. The highest BCUT2D eigenvalue weighted by molar-refractivity contribution is 7.89. The zero-order valence-electron chi connectivity index (χ0n) is 9.94. The maximum absolute atomic E-state index is 12.1. The highest BCUT2D eigenvalue weighted by Crippen LogP contribution is 2.32. The smallest absolute Gasteiger partial charge is 0.241 e. The Labute approximate surface area is 102 Å². The molecule has 0 amide bonds. The van der Waals surface area contributed by atoms with E-state index in [1.807, 2.05) is 6.92 Å². The quantitative estimate of drug-likeness (QED) is 0.852. The number of nitrogens with one attached hydrogen (secondary N) is 1. The Balaban J connectivity index is 2.19. The van der Waals surface area contributed by atoms with Crippen molar-refractivity contribution in [2.75, 3.05) is 0 Å². The zero-order chi connectivity index (χ0) is 12.5. The SMILES string of the molecule is CC1(NS(=O)(=O)c2ccc(CN)cc2)CCC1. The number of sulfonamides is 1. The summed E-state index contributed by atoms with van der Waals surface area (Å²) in [5, 5.41) is 0. The van der Waals surface area contributed by atoms with E-state index >= 15 is 0 Å². The van der Waals surface area contributed by atoms with E-state index in [-0.39, 0.29) is 5.54 Å². The number of nitrogens with two attached hydrogens (primary N) is 1. The maximum atomic E-state index is 12.1. The monoisotopic (exact) mass is 254 g/mol. The Hall–Kier alpha value is -0.910. The molecule has 0 aliphatic heterocycles. The fraction of sp³-hybridized carbons (Fsp3) is 0.500. The van der Waals surface area contributed by atoms with E-state index in [4.69, 9.17) is 5.73 Å². The second kappa shape index (κ2) is 4.40. The van der Waals surface area contributed by atoms with Gasteiger partial charge in [0.2, 0.25) is 10.0 Å². The Kier molecular flexibility index (Phi) is 3.25. The molecule has 0 aromatic heterocycles. The molecule has 1 aliphatic rings. The van der Waals surface area contributed by atoms with E-state index in [0.29, 0.717) is 11.4 Å². The van der Waals surface area contributed by atoms with Crippen LogP contribution in [0.5, 0.6) is 0 Å². The fourth-order valence-electron chi connectivity index (χ4n) is 2.00. The van der Waals surface area contributed by atoms with Gasteiger partial charge in [0, 0.05) is 12.1 Å². The largest absolute Gasteiger partial charge is 0.326 e. The van der Waals surface area contributed by atoms with Crippen LogP contribution in [-0.2, 0) is 16.6 Å². The summed E-state index contributed by atoms with van der Waals surface area (Å²) in [5.41, 5.74) is 6.15. The van der Waals surface area contributed by atoms with Crippen molar-refractivity contribution < 1.29 is 8.42 Å². The van der Waals surface area contributed by atoms with E-state index in [9.17, 15) is 8.42 Å². The summed E-state index contributed by atoms with van der Waals surface area (Å²) in [6.07, 6.45) is 2.91. The predicted molar refractivity (Wildman–Crippen MR) is 66.9 cm³/mol. The molecule has 1 aromatic carbocycles. The van der Waals surface area contributed by atoms with Gasteiger partial charge in [-0.05, 0) is 43.9 Å². The molecular weight excluding hydrogens is 236 g/mol. The molecule has 5 heteroatoms. The molecule has 1 aliphatic carbocycles. The average molecular weight is 254 g/mol. The van der Waals surface area contributed by atoms with Crippen LogP contribution in [0.2, 0.25) is 0 Å². The molecule has 2 rings (SSSR count). The Morgan fingerprint density at radius 1 is 1.29 bits per heavy atom. The third-order valence-electron chi connectivity index (χ3n) is 3.31. The second-order valence-corrected chi connectivity index (χ2v) is 6.55. The third-order valence-corrected chi connectivity index (χ3v) is 4.96. The first-order valence-corrected chi connectivity index (χ1v) is 7.27. The molecule has 0 saturated heterocycles. The standard InChI is InChI=1S/C12H18N2O2S/c1-12(7-2-8-12)14-17(15,16)11-5-3-10(9-13)4-6-11/h3-6,14H,2,7-9,13H2,1H3. The first kappa shape index (κ1) is 12.5. The van der Waals surface area contributed by atoms with Crippen molar-refractivity contribution in [1.82, 2.24) is 4.72 Å². The minimum atomic E-state index is -3.39. The maximum Gasteiger partial charge on any atom is 0.241 e. The van der Waals surface area contributed by atoms with E-state index in [1.165, 1.54) is 0 Å². The highest BCUT2D eigenvalue weighted by Gasteiger charge is 2.36. The molecule has 17 heavy (non-hydrogen) atoms.